The lowest BCUT2D eigenvalue weighted by atomic mass is 10.3. The van der Waals surface area contributed by atoms with Gasteiger partial charge in [-0.05, 0) is 54.6 Å². The Balaban J connectivity index is 1.45. The molecule has 3 N–H and O–H groups in total. The minimum Gasteiger partial charge on any atom is -0.340 e. The van der Waals surface area contributed by atoms with Gasteiger partial charge < -0.3 is 10.6 Å². The maximum Gasteiger partial charge on any atom is 0.264 e. The van der Waals surface area contributed by atoms with Crippen molar-refractivity contribution in [3.63, 3.8) is 0 Å². The summed E-state index contributed by atoms with van der Waals surface area (Å²) in [5.74, 6) is -0.246. The lowest BCUT2D eigenvalue weighted by Gasteiger charge is -2.11. The fourth-order valence-electron chi connectivity index (χ4n) is 2.72. The van der Waals surface area contributed by atoms with Gasteiger partial charge in [-0.25, -0.2) is 32.2 Å². The number of halogens is 2. The number of hydrogen-bond acceptors (Lipinski definition) is 7. The number of rotatable bonds is 7. The van der Waals surface area contributed by atoms with E-state index < -0.39 is 26.6 Å². The second-order valence-corrected chi connectivity index (χ2v) is 8.16. The number of nitrogens with one attached hydrogen (secondary N) is 3. The van der Waals surface area contributed by atoms with Crippen LogP contribution in [-0.2, 0) is 10.0 Å². The number of benzene rings is 2. The van der Waals surface area contributed by atoms with E-state index in [0.29, 0.717) is 29.2 Å². The topological polar surface area (TPSA) is 109 Å². The van der Waals surface area contributed by atoms with E-state index in [1.54, 1.807) is 36.5 Å². The van der Waals surface area contributed by atoms with Crippen LogP contribution in [0, 0.1) is 11.6 Å². The zero-order valence-corrected chi connectivity index (χ0v) is 17.1. The largest absolute Gasteiger partial charge is 0.340 e. The molecule has 0 aliphatic rings. The SMILES string of the molecule is O=S(=O)(Nc1ccc(Nc2cc(Nc3ccccn3)ncn2)cc1)c1cc(F)ccc1F. The number of sulfonamides is 1. The molecule has 0 spiro atoms. The fraction of sp³-hybridized carbons (Fsp3) is 0. The van der Waals surface area contributed by atoms with Crippen LogP contribution in [0.25, 0.3) is 0 Å². The van der Waals surface area contributed by atoms with Crippen molar-refractivity contribution in [1.29, 1.82) is 0 Å². The van der Waals surface area contributed by atoms with Gasteiger partial charge in [-0.3, -0.25) is 4.72 Å². The van der Waals surface area contributed by atoms with Crippen LogP contribution in [0.3, 0.4) is 0 Å². The lowest BCUT2D eigenvalue weighted by molar-refractivity contribution is 0.555. The zero-order valence-electron chi connectivity index (χ0n) is 16.3. The first-order chi connectivity index (χ1) is 15.4. The molecule has 0 fully saturated rings. The highest BCUT2D eigenvalue weighted by atomic mass is 32.2. The van der Waals surface area contributed by atoms with Crippen LogP contribution in [0.15, 0.2) is 84.1 Å². The van der Waals surface area contributed by atoms with Crippen LogP contribution >= 0.6 is 0 Å². The van der Waals surface area contributed by atoms with Gasteiger partial charge in [0.2, 0.25) is 0 Å². The molecular formula is C21H16F2N6O2S. The highest BCUT2D eigenvalue weighted by Crippen LogP contribution is 2.23. The third-order valence-electron chi connectivity index (χ3n) is 4.18. The van der Waals surface area contributed by atoms with Crippen molar-refractivity contribution in [1.82, 2.24) is 15.0 Å². The molecular weight excluding hydrogens is 438 g/mol. The Morgan fingerprint density at radius 1 is 0.719 bits per heavy atom. The minimum atomic E-state index is -4.29. The minimum absolute atomic E-state index is 0.180. The predicted molar refractivity (Wildman–Crippen MR) is 116 cm³/mol. The second kappa shape index (κ2) is 8.94. The van der Waals surface area contributed by atoms with Crippen LogP contribution in [0.2, 0.25) is 0 Å². The number of hydrogen-bond donors (Lipinski definition) is 3. The summed E-state index contributed by atoms with van der Waals surface area (Å²) in [6.45, 7) is 0. The molecule has 11 heteroatoms. The first kappa shape index (κ1) is 21.1. The van der Waals surface area contributed by atoms with Crippen molar-refractivity contribution in [2.24, 2.45) is 0 Å². The smallest absolute Gasteiger partial charge is 0.264 e. The van der Waals surface area contributed by atoms with Gasteiger partial charge in [0.15, 0.2) is 0 Å². The van der Waals surface area contributed by atoms with E-state index in [9.17, 15) is 17.2 Å². The molecule has 0 saturated heterocycles. The van der Waals surface area contributed by atoms with Crippen molar-refractivity contribution < 1.29 is 17.2 Å². The van der Waals surface area contributed by atoms with E-state index in [1.165, 1.54) is 18.5 Å². The monoisotopic (exact) mass is 454 g/mol. The Hall–Kier alpha value is -4.12. The van der Waals surface area contributed by atoms with Gasteiger partial charge in [-0.2, -0.15) is 0 Å². The Morgan fingerprint density at radius 3 is 2.16 bits per heavy atom. The lowest BCUT2D eigenvalue weighted by Crippen LogP contribution is -2.14. The predicted octanol–water partition coefficient (Wildman–Crippen LogP) is 4.44. The highest BCUT2D eigenvalue weighted by molar-refractivity contribution is 7.92. The molecule has 2 aromatic heterocycles. The quantitative estimate of drug-likeness (QED) is 0.379. The van der Waals surface area contributed by atoms with Gasteiger partial charge in [0, 0.05) is 23.6 Å². The number of pyridine rings is 1. The van der Waals surface area contributed by atoms with Crippen molar-refractivity contribution in [3.8, 4) is 0 Å². The maximum atomic E-state index is 13.8. The molecule has 0 aliphatic heterocycles. The molecule has 8 nitrogen and oxygen atoms in total. The van der Waals surface area contributed by atoms with Crippen molar-refractivity contribution in [2.75, 3.05) is 15.4 Å². The second-order valence-electron chi connectivity index (χ2n) is 6.51. The van der Waals surface area contributed by atoms with Gasteiger partial charge in [-0.15, -0.1) is 0 Å². The van der Waals surface area contributed by atoms with Crippen molar-refractivity contribution in [2.45, 2.75) is 4.90 Å². The Labute approximate surface area is 182 Å². The Kier molecular flexibility index (Phi) is 5.90. The third-order valence-corrected chi connectivity index (χ3v) is 5.58. The molecule has 4 rings (SSSR count). The summed E-state index contributed by atoms with van der Waals surface area (Å²) in [5, 5.41) is 6.12. The van der Waals surface area contributed by atoms with E-state index in [-0.39, 0.29) is 5.69 Å². The Bertz CT molecular complexity index is 1340. The average molecular weight is 454 g/mol. The molecule has 162 valence electrons. The molecule has 0 saturated carbocycles. The van der Waals surface area contributed by atoms with Gasteiger partial charge in [0.05, 0.1) is 0 Å². The molecule has 0 bridgehead atoms. The van der Waals surface area contributed by atoms with Crippen LogP contribution in [0.4, 0.5) is 37.6 Å². The molecule has 0 amide bonds. The number of nitrogens with zero attached hydrogens (tertiary/aromatic N) is 3. The first-order valence-electron chi connectivity index (χ1n) is 9.24. The molecule has 2 heterocycles. The summed E-state index contributed by atoms with van der Waals surface area (Å²) in [4.78, 5) is 11.7. The van der Waals surface area contributed by atoms with E-state index in [2.05, 4.69) is 30.3 Å². The highest BCUT2D eigenvalue weighted by Gasteiger charge is 2.20. The summed E-state index contributed by atoms with van der Waals surface area (Å²) < 4.78 is 54.1. The van der Waals surface area contributed by atoms with E-state index in [1.807, 2.05) is 6.07 Å². The van der Waals surface area contributed by atoms with Gasteiger partial charge in [0.25, 0.3) is 10.0 Å². The molecule has 32 heavy (non-hydrogen) atoms. The van der Waals surface area contributed by atoms with Gasteiger partial charge in [-0.1, -0.05) is 6.07 Å². The van der Waals surface area contributed by atoms with E-state index in [4.69, 9.17) is 0 Å². The summed E-state index contributed by atoms with van der Waals surface area (Å²) >= 11 is 0. The molecule has 4 aromatic rings. The first-order valence-corrected chi connectivity index (χ1v) is 10.7. The summed E-state index contributed by atoms with van der Waals surface area (Å²) in [6.07, 6.45) is 3.03. The number of anilines is 5. The normalized spacial score (nSPS) is 11.1. The number of aromatic nitrogens is 3. The average Bonchev–Trinajstić information content (AvgIpc) is 2.77. The Morgan fingerprint density at radius 2 is 1.44 bits per heavy atom. The molecule has 0 aliphatic carbocycles. The van der Waals surface area contributed by atoms with Crippen LogP contribution in [0.5, 0.6) is 0 Å². The van der Waals surface area contributed by atoms with Crippen LogP contribution in [0.1, 0.15) is 0 Å². The molecule has 2 aromatic carbocycles. The summed E-state index contributed by atoms with van der Waals surface area (Å²) in [5.41, 5.74) is 0.798. The standard InChI is InChI=1S/C21H16F2N6O2S/c22-14-4-9-17(23)18(11-14)32(30,31)29-16-7-5-15(6-8-16)27-20-12-21(26-13-25-20)28-19-3-1-2-10-24-19/h1-13,29H,(H2,24,25,26,27,28). The van der Waals surface area contributed by atoms with Crippen LogP contribution in [-0.4, -0.2) is 23.4 Å². The van der Waals surface area contributed by atoms with Gasteiger partial charge in [0.1, 0.15) is 40.3 Å². The van der Waals surface area contributed by atoms with Crippen LogP contribution < -0.4 is 15.4 Å². The fourth-order valence-corrected chi connectivity index (χ4v) is 3.87. The van der Waals surface area contributed by atoms with E-state index in [0.717, 1.165) is 12.1 Å². The summed E-state index contributed by atoms with van der Waals surface area (Å²) in [6, 6.07) is 15.5. The van der Waals surface area contributed by atoms with Gasteiger partial charge >= 0.3 is 0 Å². The molecule has 0 atom stereocenters. The molecule has 0 radical (unpaired) electrons. The summed E-state index contributed by atoms with van der Waals surface area (Å²) in [7, 11) is -4.29. The van der Waals surface area contributed by atoms with Crippen molar-refractivity contribution in [3.05, 3.63) is 90.9 Å². The molecule has 0 unspecified atom stereocenters. The van der Waals surface area contributed by atoms with E-state index >= 15 is 0 Å². The maximum absolute atomic E-state index is 13.8. The van der Waals surface area contributed by atoms with Crippen molar-refractivity contribution >= 4 is 38.9 Å². The zero-order chi connectivity index (χ0) is 22.6. The third kappa shape index (κ3) is 5.13.